The summed E-state index contributed by atoms with van der Waals surface area (Å²) in [6, 6.07) is 0. The van der Waals surface area contributed by atoms with E-state index in [9.17, 15) is 18.0 Å². The van der Waals surface area contributed by atoms with Crippen LogP contribution in [0.25, 0.3) is 0 Å². The molecule has 0 bridgehead atoms. The quantitative estimate of drug-likeness (QED) is 0.684. The number of aliphatic imine (C=N–C) groups is 1. The normalized spacial score (nSPS) is 17.7. The number of aliphatic carboxylic acids is 1. The molecule has 0 fully saturated rings. The Labute approximate surface area is 71.6 Å². The molecule has 0 atom stereocenters. The first kappa shape index (κ1) is 9.76. The summed E-state index contributed by atoms with van der Waals surface area (Å²) in [5.41, 5.74) is -1.86. The second-order valence-electron chi connectivity index (χ2n) is 2.62. The van der Waals surface area contributed by atoms with Crippen LogP contribution >= 0.6 is 0 Å². The average Bonchev–Trinajstić information content (AvgIpc) is 2.28. The van der Waals surface area contributed by atoms with E-state index in [1.807, 2.05) is 0 Å². The van der Waals surface area contributed by atoms with Gasteiger partial charge in [-0.3, -0.25) is 4.99 Å². The van der Waals surface area contributed by atoms with Crippen LogP contribution < -0.4 is 0 Å². The summed E-state index contributed by atoms with van der Waals surface area (Å²) in [6.45, 7) is 1.14. The minimum Gasteiger partial charge on any atom is -0.478 e. The van der Waals surface area contributed by atoms with Crippen LogP contribution in [-0.4, -0.2) is 29.5 Å². The minimum atomic E-state index is -4.68. The summed E-state index contributed by atoms with van der Waals surface area (Å²) in [5.74, 6) is -1.58. The van der Waals surface area contributed by atoms with Gasteiger partial charge in [-0.1, -0.05) is 0 Å². The largest absolute Gasteiger partial charge is 0.478 e. The van der Waals surface area contributed by atoms with Gasteiger partial charge in [-0.15, -0.1) is 0 Å². The van der Waals surface area contributed by atoms with Crippen LogP contribution in [0.3, 0.4) is 0 Å². The molecule has 1 heterocycles. The van der Waals surface area contributed by atoms with Crippen LogP contribution in [0.15, 0.2) is 16.1 Å². The molecule has 1 N–H and O–H groups in total. The highest BCUT2D eigenvalue weighted by molar-refractivity contribution is 6.23. The lowest BCUT2D eigenvalue weighted by molar-refractivity contribution is -0.132. The Kier molecular flexibility index (Phi) is 2.15. The van der Waals surface area contributed by atoms with Gasteiger partial charge in [0.1, 0.15) is 0 Å². The molecule has 13 heavy (non-hydrogen) atoms. The summed E-state index contributed by atoms with van der Waals surface area (Å²) < 4.78 is 36.3. The van der Waals surface area contributed by atoms with Crippen molar-refractivity contribution in [2.45, 2.75) is 13.1 Å². The fourth-order valence-electron chi connectivity index (χ4n) is 1.07. The Morgan fingerprint density at radius 3 is 2.38 bits per heavy atom. The first-order chi connectivity index (χ1) is 5.84. The molecule has 0 saturated heterocycles. The van der Waals surface area contributed by atoms with Gasteiger partial charge < -0.3 is 5.11 Å². The van der Waals surface area contributed by atoms with Gasteiger partial charge in [-0.2, -0.15) is 13.2 Å². The Morgan fingerprint density at radius 2 is 2.08 bits per heavy atom. The van der Waals surface area contributed by atoms with Crippen molar-refractivity contribution in [3.8, 4) is 0 Å². The first-order valence-corrected chi connectivity index (χ1v) is 3.39. The molecule has 1 aliphatic heterocycles. The van der Waals surface area contributed by atoms with Gasteiger partial charge in [0.2, 0.25) is 0 Å². The third-order valence-electron chi connectivity index (χ3n) is 1.62. The van der Waals surface area contributed by atoms with Crippen molar-refractivity contribution in [3.63, 3.8) is 0 Å². The molecule has 6 heteroatoms. The molecule has 0 saturated carbocycles. The van der Waals surface area contributed by atoms with Crippen molar-refractivity contribution in [1.82, 2.24) is 0 Å². The van der Waals surface area contributed by atoms with Crippen molar-refractivity contribution in [2.24, 2.45) is 4.99 Å². The summed E-state index contributed by atoms with van der Waals surface area (Å²) >= 11 is 0. The van der Waals surface area contributed by atoms with E-state index >= 15 is 0 Å². The van der Waals surface area contributed by atoms with Crippen LogP contribution in [0, 0.1) is 0 Å². The molecule has 0 unspecified atom stereocenters. The number of nitrogens with zero attached hydrogens (tertiary/aromatic N) is 1. The highest BCUT2D eigenvalue weighted by Crippen LogP contribution is 2.28. The van der Waals surface area contributed by atoms with Gasteiger partial charge in [0.15, 0.2) is 5.71 Å². The third kappa shape index (κ3) is 1.71. The van der Waals surface area contributed by atoms with Gasteiger partial charge in [-0.25, -0.2) is 4.79 Å². The highest BCUT2D eigenvalue weighted by atomic mass is 19.4. The van der Waals surface area contributed by atoms with Crippen molar-refractivity contribution >= 4 is 11.7 Å². The van der Waals surface area contributed by atoms with Gasteiger partial charge in [0.25, 0.3) is 0 Å². The van der Waals surface area contributed by atoms with Gasteiger partial charge in [0.05, 0.1) is 12.1 Å². The van der Waals surface area contributed by atoms with E-state index in [2.05, 4.69) is 4.99 Å². The summed E-state index contributed by atoms with van der Waals surface area (Å²) in [7, 11) is 0. The highest BCUT2D eigenvalue weighted by Gasteiger charge is 2.43. The maximum absolute atomic E-state index is 12.1. The van der Waals surface area contributed by atoms with Gasteiger partial charge in [-0.05, 0) is 12.5 Å². The predicted octanol–water partition coefficient (Wildman–Crippen LogP) is 1.40. The van der Waals surface area contributed by atoms with E-state index in [1.54, 1.807) is 0 Å². The van der Waals surface area contributed by atoms with Crippen LogP contribution in [0.2, 0.25) is 0 Å². The van der Waals surface area contributed by atoms with E-state index in [0.29, 0.717) is 0 Å². The molecule has 0 aromatic rings. The van der Waals surface area contributed by atoms with Gasteiger partial charge >= 0.3 is 12.1 Å². The zero-order chi connectivity index (χ0) is 10.2. The standard InChI is InChI=1S/C7H6F3NO2/c1-3-2-11-5(7(8,9)10)4(3)6(12)13/h2H2,1H3,(H,12,13). The lowest BCUT2D eigenvalue weighted by atomic mass is 10.1. The van der Waals surface area contributed by atoms with Crippen molar-refractivity contribution in [3.05, 3.63) is 11.1 Å². The average molecular weight is 193 g/mol. The smallest absolute Gasteiger partial charge is 0.433 e. The topological polar surface area (TPSA) is 49.7 Å². The number of rotatable bonds is 1. The molecular weight excluding hydrogens is 187 g/mol. The summed E-state index contributed by atoms with van der Waals surface area (Å²) in [6.07, 6.45) is -4.68. The summed E-state index contributed by atoms with van der Waals surface area (Å²) in [5, 5.41) is 8.48. The Bertz CT molecular complexity index is 314. The molecule has 0 aromatic heterocycles. The Hall–Kier alpha value is -1.33. The number of halogens is 3. The number of hydrogen-bond donors (Lipinski definition) is 1. The maximum atomic E-state index is 12.1. The second-order valence-corrected chi connectivity index (χ2v) is 2.62. The Balaban J connectivity index is 3.11. The number of carbonyl (C=O) groups is 1. The fraction of sp³-hybridized carbons (Fsp3) is 0.429. The number of hydrogen-bond acceptors (Lipinski definition) is 2. The van der Waals surface area contributed by atoms with Crippen molar-refractivity contribution in [2.75, 3.05) is 6.54 Å². The van der Waals surface area contributed by atoms with Crippen LogP contribution in [-0.2, 0) is 4.79 Å². The van der Waals surface area contributed by atoms with Crippen LogP contribution in [0.4, 0.5) is 13.2 Å². The lowest BCUT2D eigenvalue weighted by Crippen LogP contribution is -2.27. The molecule has 72 valence electrons. The summed E-state index contributed by atoms with van der Waals surface area (Å²) in [4.78, 5) is 13.6. The number of alkyl halides is 3. The van der Waals surface area contributed by atoms with Crippen molar-refractivity contribution < 1.29 is 23.1 Å². The molecule has 0 radical (unpaired) electrons. The zero-order valence-corrected chi connectivity index (χ0v) is 6.64. The fourth-order valence-corrected chi connectivity index (χ4v) is 1.07. The van der Waals surface area contributed by atoms with Crippen LogP contribution in [0.1, 0.15) is 6.92 Å². The zero-order valence-electron chi connectivity index (χ0n) is 6.64. The molecule has 0 spiro atoms. The lowest BCUT2D eigenvalue weighted by Gasteiger charge is -2.07. The van der Waals surface area contributed by atoms with Gasteiger partial charge in [0, 0.05) is 0 Å². The molecule has 0 amide bonds. The number of carboxylic acids is 1. The molecule has 1 rings (SSSR count). The second kappa shape index (κ2) is 2.86. The van der Waals surface area contributed by atoms with Crippen LogP contribution in [0.5, 0.6) is 0 Å². The first-order valence-electron chi connectivity index (χ1n) is 3.39. The van der Waals surface area contributed by atoms with E-state index in [0.717, 1.165) is 0 Å². The van der Waals surface area contributed by atoms with E-state index in [4.69, 9.17) is 5.11 Å². The SMILES string of the molecule is CC1=C(C(=O)O)C(C(F)(F)F)=NC1. The maximum Gasteiger partial charge on any atom is 0.433 e. The van der Waals surface area contributed by atoms with Crippen molar-refractivity contribution in [1.29, 1.82) is 0 Å². The molecule has 0 aliphatic carbocycles. The Morgan fingerprint density at radius 1 is 1.54 bits per heavy atom. The van der Waals surface area contributed by atoms with E-state index in [-0.39, 0.29) is 12.1 Å². The van der Waals surface area contributed by atoms with E-state index in [1.165, 1.54) is 6.92 Å². The molecule has 3 nitrogen and oxygen atoms in total. The predicted molar refractivity (Wildman–Crippen MR) is 38.7 cm³/mol. The number of carboxylic acid groups (broad SMARTS) is 1. The minimum absolute atomic E-state index is 0.139. The monoisotopic (exact) mass is 193 g/mol. The van der Waals surface area contributed by atoms with E-state index < -0.39 is 23.4 Å². The third-order valence-corrected chi connectivity index (χ3v) is 1.62. The molecule has 0 aromatic carbocycles. The molecule has 1 aliphatic rings. The molecular formula is C7H6F3NO2.